The topological polar surface area (TPSA) is 86.8 Å². The van der Waals surface area contributed by atoms with Crippen LogP contribution in [0.15, 0.2) is 65.6 Å². The summed E-state index contributed by atoms with van der Waals surface area (Å²) in [6, 6.07) is 14.7. The SMILES string of the molecule is CCC(C(=O)NC1CCCCC1)N(Cc1ccc(Cl)cc1Cl)C(=O)CN(c1cc(Cl)ccc1Cl)S(=O)(=O)c1ccc(C)cc1. The van der Waals surface area contributed by atoms with Gasteiger partial charge in [-0.25, -0.2) is 8.42 Å². The molecule has 1 fully saturated rings. The number of sulfonamides is 1. The lowest BCUT2D eigenvalue weighted by atomic mass is 9.95. The third-order valence-electron chi connectivity index (χ3n) is 7.76. The monoisotopic (exact) mass is 697 g/mol. The van der Waals surface area contributed by atoms with Crippen LogP contribution in [-0.2, 0) is 26.2 Å². The van der Waals surface area contributed by atoms with Crippen LogP contribution in [0.5, 0.6) is 0 Å². The van der Waals surface area contributed by atoms with E-state index in [-0.39, 0.29) is 45.5 Å². The fourth-order valence-electron chi connectivity index (χ4n) is 5.32. The summed E-state index contributed by atoms with van der Waals surface area (Å²) in [5.41, 5.74) is 1.47. The van der Waals surface area contributed by atoms with Gasteiger partial charge in [-0.15, -0.1) is 0 Å². The number of halogens is 4. The summed E-state index contributed by atoms with van der Waals surface area (Å²) >= 11 is 25.4. The molecule has 0 heterocycles. The van der Waals surface area contributed by atoms with Gasteiger partial charge in [-0.05, 0) is 74.2 Å². The van der Waals surface area contributed by atoms with Crippen LogP contribution < -0.4 is 9.62 Å². The second-order valence-electron chi connectivity index (χ2n) is 10.9. The first-order valence-corrected chi connectivity index (χ1v) is 17.4. The number of nitrogens with one attached hydrogen (secondary N) is 1. The molecule has 1 N–H and O–H groups in total. The fourth-order valence-corrected chi connectivity index (χ4v) is 7.65. The maximum absolute atomic E-state index is 14.3. The molecule has 2 amide bonds. The molecule has 0 radical (unpaired) electrons. The Bertz CT molecular complexity index is 1600. The van der Waals surface area contributed by atoms with Gasteiger partial charge in [0.2, 0.25) is 11.8 Å². The molecule has 0 aromatic heterocycles. The molecule has 3 aromatic carbocycles. The lowest BCUT2D eigenvalue weighted by Crippen LogP contribution is -2.54. The highest BCUT2D eigenvalue weighted by atomic mass is 35.5. The third kappa shape index (κ3) is 8.40. The van der Waals surface area contributed by atoms with Gasteiger partial charge < -0.3 is 10.2 Å². The molecule has 236 valence electrons. The zero-order valence-corrected chi connectivity index (χ0v) is 28.4. The minimum absolute atomic E-state index is 0.0186. The van der Waals surface area contributed by atoms with Gasteiger partial charge in [-0.1, -0.05) is 96.4 Å². The zero-order chi connectivity index (χ0) is 32.0. The van der Waals surface area contributed by atoms with E-state index >= 15 is 0 Å². The summed E-state index contributed by atoms with van der Waals surface area (Å²) in [5, 5.41) is 4.19. The van der Waals surface area contributed by atoms with Gasteiger partial charge in [-0.2, -0.15) is 0 Å². The molecule has 1 unspecified atom stereocenters. The number of carbonyl (C=O) groups excluding carboxylic acids is 2. The Morgan fingerprint density at radius 3 is 2.16 bits per heavy atom. The summed E-state index contributed by atoms with van der Waals surface area (Å²) in [7, 11) is -4.30. The minimum Gasteiger partial charge on any atom is -0.352 e. The Morgan fingerprint density at radius 2 is 1.52 bits per heavy atom. The number of rotatable bonds is 11. The van der Waals surface area contributed by atoms with Crippen LogP contribution in [0.1, 0.15) is 56.6 Å². The van der Waals surface area contributed by atoms with E-state index in [2.05, 4.69) is 5.32 Å². The highest BCUT2D eigenvalue weighted by molar-refractivity contribution is 7.92. The van der Waals surface area contributed by atoms with Crippen molar-refractivity contribution in [3.63, 3.8) is 0 Å². The van der Waals surface area contributed by atoms with Crippen molar-refractivity contribution in [3.8, 4) is 0 Å². The standard InChI is InChI=1S/C32H35Cl4N3O4S/c1-3-29(32(41)37-25-7-5-4-6-8-25)38(19-22-11-12-23(33)17-28(22)36)31(40)20-39(30-18-24(34)13-16-27(30)35)44(42,43)26-14-9-21(2)10-15-26/h9-18,25,29H,3-8,19-20H2,1-2H3,(H,37,41). The first-order chi connectivity index (χ1) is 20.9. The number of aryl methyl sites for hydroxylation is 1. The van der Waals surface area contributed by atoms with E-state index in [1.165, 1.54) is 35.2 Å². The van der Waals surface area contributed by atoms with Crippen LogP contribution in [0.25, 0.3) is 0 Å². The van der Waals surface area contributed by atoms with Crippen molar-refractivity contribution >= 4 is 73.9 Å². The molecule has 0 aliphatic heterocycles. The van der Waals surface area contributed by atoms with E-state index in [9.17, 15) is 18.0 Å². The molecule has 7 nitrogen and oxygen atoms in total. The predicted octanol–water partition coefficient (Wildman–Crippen LogP) is 8.06. The van der Waals surface area contributed by atoms with Crippen molar-refractivity contribution in [3.05, 3.63) is 91.9 Å². The average molecular weight is 700 g/mol. The van der Waals surface area contributed by atoms with Crippen LogP contribution in [0, 0.1) is 6.92 Å². The van der Waals surface area contributed by atoms with Crippen molar-refractivity contribution in [2.45, 2.75) is 75.9 Å². The van der Waals surface area contributed by atoms with Crippen molar-refractivity contribution in [1.82, 2.24) is 10.2 Å². The van der Waals surface area contributed by atoms with Gasteiger partial charge in [0.25, 0.3) is 10.0 Å². The van der Waals surface area contributed by atoms with E-state index in [1.807, 2.05) is 13.8 Å². The lowest BCUT2D eigenvalue weighted by molar-refractivity contribution is -0.140. The van der Waals surface area contributed by atoms with Gasteiger partial charge in [0.1, 0.15) is 12.6 Å². The van der Waals surface area contributed by atoms with Crippen molar-refractivity contribution in [2.75, 3.05) is 10.8 Å². The maximum Gasteiger partial charge on any atom is 0.264 e. The Balaban J connectivity index is 1.76. The molecule has 0 spiro atoms. The molecule has 44 heavy (non-hydrogen) atoms. The third-order valence-corrected chi connectivity index (χ3v) is 10.7. The molecule has 1 aliphatic carbocycles. The van der Waals surface area contributed by atoms with Gasteiger partial charge in [0.05, 0.1) is 15.6 Å². The Kier molecular flexibility index (Phi) is 11.9. The molecule has 0 bridgehead atoms. The van der Waals surface area contributed by atoms with Crippen molar-refractivity contribution < 1.29 is 18.0 Å². The highest BCUT2D eigenvalue weighted by Gasteiger charge is 2.35. The van der Waals surface area contributed by atoms with Gasteiger partial charge in [0.15, 0.2) is 0 Å². The van der Waals surface area contributed by atoms with Crippen LogP contribution in [0.3, 0.4) is 0 Å². The number of carbonyl (C=O) groups is 2. The Hall–Kier alpha value is -2.49. The summed E-state index contributed by atoms with van der Waals surface area (Å²) in [4.78, 5) is 29.4. The van der Waals surface area contributed by atoms with Crippen LogP contribution in [0.4, 0.5) is 5.69 Å². The van der Waals surface area contributed by atoms with Crippen molar-refractivity contribution in [2.24, 2.45) is 0 Å². The Labute approximate surface area is 279 Å². The van der Waals surface area contributed by atoms with Crippen molar-refractivity contribution in [1.29, 1.82) is 0 Å². The molecule has 0 saturated heterocycles. The van der Waals surface area contributed by atoms with E-state index < -0.39 is 28.5 Å². The number of anilines is 1. The first-order valence-electron chi connectivity index (χ1n) is 14.5. The minimum atomic E-state index is -4.30. The van der Waals surface area contributed by atoms with Crippen LogP contribution >= 0.6 is 46.4 Å². The van der Waals surface area contributed by atoms with Gasteiger partial charge >= 0.3 is 0 Å². The molecular formula is C32H35Cl4N3O4S. The number of hydrogen-bond acceptors (Lipinski definition) is 4. The molecular weight excluding hydrogens is 664 g/mol. The quantitative estimate of drug-likeness (QED) is 0.220. The summed E-state index contributed by atoms with van der Waals surface area (Å²) in [6.45, 7) is 2.96. The van der Waals surface area contributed by atoms with E-state index in [0.29, 0.717) is 15.6 Å². The molecule has 3 aromatic rings. The smallest absolute Gasteiger partial charge is 0.264 e. The second-order valence-corrected chi connectivity index (χ2v) is 14.5. The maximum atomic E-state index is 14.3. The highest BCUT2D eigenvalue weighted by Crippen LogP contribution is 2.34. The second kappa shape index (κ2) is 15.2. The van der Waals surface area contributed by atoms with Crippen LogP contribution in [-0.4, -0.2) is 43.8 Å². The predicted molar refractivity (Wildman–Crippen MR) is 178 cm³/mol. The largest absolute Gasteiger partial charge is 0.352 e. The van der Waals surface area contributed by atoms with E-state index in [4.69, 9.17) is 46.4 Å². The molecule has 1 aliphatic rings. The molecule has 1 atom stereocenters. The zero-order valence-electron chi connectivity index (χ0n) is 24.5. The van der Waals surface area contributed by atoms with Gasteiger partial charge in [0, 0.05) is 27.7 Å². The number of amides is 2. The number of hydrogen-bond donors (Lipinski definition) is 1. The summed E-state index contributed by atoms with van der Waals surface area (Å²) in [5.74, 6) is -0.917. The summed E-state index contributed by atoms with van der Waals surface area (Å²) < 4.78 is 29.1. The fraction of sp³-hybridized carbons (Fsp3) is 0.375. The number of benzene rings is 3. The van der Waals surface area contributed by atoms with Gasteiger partial charge in [-0.3, -0.25) is 13.9 Å². The lowest BCUT2D eigenvalue weighted by Gasteiger charge is -2.34. The normalized spacial score (nSPS) is 14.6. The first kappa shape index (κ1) is 34.4. The molecule has 1 saturated carbocycles. The van der Waals surface area contributed by atoms with Crippen LogP contribution in [0.2, 0.25) is 20.1 Å². The number of nitrogens with zero attached hydrogens (tertiary/aromatic N) is 2. The average Bonchev–Trinajstić information content (AvgIpc) is 2.98. The molecule has 4 rings (SSSR count). The Morgan fingerprint density at radius 1 is 0.886 bits per heavy atom. The van der Waals surface area contributed by atoms with E-state index in [0.717, 1.165) is 42.0 Å². The van der Waals surface area contributed by atoms with E-state index in [1.54, 1.807) is 30.3 Å². The molecule has 12 heteroatoms. The summed E-state index contributed by atoms with van der Waals surface area (Å²) in [6.07, 6.45) is 5.21.